The van der Waals surface area contributed by atoms with Crippen LogP contribution in [0.5, 0.6) is 0 Å². The van der Waals surface area contributed by atoms with Gasteiger partial charge in [-0.25, -0.2) is 0 Å². The molecule has 0 amide bonds. The molecular weight excluding hydrogens is 230 g/mol. The summed E-state index contributed by atoms with van der Waals surface area (Å²) in [6.07, 6.45) is 10.1. The first-order valence-corrected chi connectivity index (χ1v) is 7.57. The summed E-state index contributed by atoms with van der Waals surface area (Å²) in [6.45, 7) is 1.22. The van der Waals surface area contributed by atoms with Crippen LogP contribution in [0.25, 0.3) is 11.3 Å². The minimum atomic E-state index is 0.758. The molecule has 1 aromatic rings. The van der Waals surface area contributed by atoms with Gasteiger partial charge in [-0.2, -0.15) is 0 Å². The lowest BCUT2D eigenvalue weighted by atomic mass is 9.70. The standard InChI is InChI=1S/C18H21N/c1-19-12-6-11-17-15-8-3-2-7-13(15)14-9-4-5-10-16(14)18(17)19/h2,4-5,7,9-10,15,17H,3,6,8,11-12H2,1H3. The minimum absolute atomic E-state index is 0.758. The van der Waals surface area contributed by atoms with E-state index in [1.165, 1.54) is 42.7 Å². The van der Waals surface area contributed by atoms with E-state index in [0.717, 1.165) is 11.8 Å². The molecule has 1 saturated heterocycles. The molecule has 0 saturated carbocycles. The van der Waals surface area contributed by atoms with Crippen LogP contribution in [0.3, 0.4) is 0 Å². The van der Waals surface area contributed by atoms with E-state index in [9.17, 15) is 0 Å². The predicted molar refractivity (Wildman–Crippen MR) is 79.7 cm³/mol. The van der Waals surface area contributed by atoms with Crippen LogP contribution in [0.15, 0.2) is 36.4 Å². The van der Waals surface area contributed by atoms with Crippen LogP contribution in [0.1, 0.15) is 25.7 Å². The molecule has 0 bridgehead atoms. The smallest absolute Gasteiger partial charge is 0.0247 e. The second-order valence-electron chi connectivity index (χ2n) is 6.14. The number of piperidine rings is 1. The summed E-state index contributed by atoms with van der Waals surface area (Å²) in [7, 11) is 2.28. The van der Waals surface area contributed by atoms with E-state index >= 15 is 0 Å². The summed E-state index contributed by atoms with van der Waals surface area (Å²) < 4.78 is 0. The second kappa shape index (κ2) is 4.26. The van der Waals surface area contributed by atoms with E-state index in [2.05, 4.69) is 48.4 Å². The van der Waals surface area contributed by atoms with Crippen molar-refractivity contribution < 1.29 is 0 Å². The molecule has 1 nitrogen and oxygen atoms in total. The number of rotatable bonds is 0. The maximum absolute atomic E-state index is 2.52. The topological polar surface area (TPSA) is 3.24 Å². The van der Waals surface area contributed by atoms with Crippen LogP contribution in [-0.2, 0) is 0 Å². The average Bonchev–Trinajstić information content (AvgIpc) is 2.47. The van der Waals surface area contributed by atoms with Crippen molar-refractivity contribution in [1.29, 1.82) is 0 Å². The zero-order valence-corrected chi connectivity index (χ0v) is 11.6. The van der Waals surface area contributed by atoms with E-state index < -0.39 is 0 Å². The normalized spacial score (nSPS) is 28.8. The Hall–Kier alpha value is -1.50. The molecule has 1 aliphatic heterocycles. The van der Waals surface area contributed by atoms with Crippen LogP contribution in [0.2, 0.25) is 0 Å². The Labute approximate surface area is 114 Å². The summed E-state index contributed by atoms with van der Waals surface area (Å²) in [5.41, 5.74) is 3.22. The van der Waals surface area contributed by atoms with Crippen molar-refractivity contribution in [2.24, 2.45) is 11.8 Å². The predicted octanol–water partition coefficient (Wildman–Crippen LogP) is 2.27. The molecule has 0 radical (unpaired) electrons. The van der Waals surface area contributed by atoms with Gasteiger partial charge in [-0.3, -0.25) is 0 Å². The highest BCUT2D eigenvalue weighted by Crippen LogP contribution is 2.42. The van der Waals surface area contributed by atoms with Crippen molar-refractivity contribution in [2.45, 2.75) is 25.7 Å². The van der Waals surface area contributed by atoms with Crippen molar-refractivity contribution in [2.75, 3.05) is 13.6 Å². The van der Waals surface area contributed by atoms with E-state index in [0.29, 0.717) is 0 Å². The number of benzene rings is 1. The molecule has 19 heavy (non-hydrogen) atoms. The summed E-state index contributed by atoms with van der Waals surface area (Å²) >= 11 is 0. The molecule has 0 aromatic heterocycles. The van der Waals surface area contributed by atoms with E-state index in [4.69, 9.17) is 0 Å². The van der Waals surface area contributed by atoms with Crippen molar-refractivity contribution in [3.63, 3.8) is 0 Å². The van der Waals surface area contributed by atoms with Crippen LogP contribution in [0.4, 0.5) is 0 Å². The average molecular weight is 251 g/mol. The molecule has 98 valence electrons. The third kappa shape index (κ3) is 1.60. The Balaban J connectivity index is 2.10. The molecule has 3 aliphatic rings. The molecule has 1 heterocycles. The van der Waals surface area contributed by atoms with Crippen molar-refractivity contribution in [1.82, 2.24) is 4.90 Å². The summed E-state index contributed by atoms with van der Waals surface area (Å²) in [4.78, 5) is 2.52. The second-order valence-corrected chi connectivity index (χ2v) is 6.14. The first-order valence-electron chi connectivity index (χ1n) is 7.57. The van der Waals surface area contributed by atoms with Gasteiger partial charge < -0.3 is 4.90 Å². The van der Waals surface area contributed by atoms with Crippen LogP contribution < -0.4 is 10.4 Å². The van der Waals surface area contributed by atoms with Gasteiger partial charge in [0.1, 0.15) is 0 Å². The van der Waals surface area contributed by atoms with E-state index in [1.807, 2.05) is 0 Å². The molecular formula is C18H21N. The zero-order chi connectivity index (χ0) is 12.8. The number of hydrogen-bond acceptors (Lipinski definition) is 1. The number of nitrogens with zero attached hydrogens (tertiary/aromatic N) is 1. The van der Waals surface area contributed by atoms with Gasteiger partial charge in [-0.1, -0.05) is 36.4 Å². The Morgan fingerprint density at radius 2 is 1.89 bits per heavy atom. The third-order valence-corrected chi connectivity index (χ3v) is 5.11. The molecule has 0 spiro atoms. The number of fused-ring (bicyclic) bond motifs is 4. The van der Waals surface area contributed by atoms with Crippen molar-refractivity contribution >= 4 is 11.3 Å². The Kier molecular flexibility index (Phi) is 2.54. The minimum Gasteiger partial charge on any atom is -0.377 e. The molecule has 0 N–H and O–H groups in total. The molecule has 2 unspecified atom stereocenters. The monoisotopic (exact) mass is 251 g/mol. The van der Waals surface area contributed by atoms with Crippen LogP contribution >= 0.6 is 0 Å². The number of hydrogen-bond donors (Lipinski definition) is 0. The number of likely N-dealkylation sites (tertiary alicyclic amines) is 1. The third-order valence-electron chi connectivity index (χ3n) is 5.11. The van der Waals surface area contributed by atoms with Gasteiger partial charge in [0.05, 0.1) is 0 Å². The molecule has 4 rings (SSSR count). The molecule has 1 heteroatoms. The quantitative estimate of drug-likeness (QED) is 0.684. The van der Waals surface area contributed by atoms with Crippen LogP contribution in [-0.4, -0.2) is 18.5 Å². The highest BCUT2D eigenvalue weighted by atomic mass is 15.1. The summed E-state index contributed by atoms with van der Waals surface area (Å²) in [6, 6.07) is 9.03. The van der Waals surface area contributed by atoms with Crippen molar-refractivity contribution in [3.8, 4) is 0 Å². The van der Waals surface area contributed by atoms with Gasteiger partial charge in [-0.05, 0) is 42.4 Å². The Morgan fingerprint density at radius 3 is 2.79 bits per heavy atom. The van der Waals surface area contributed by atoms with Gasteiger partial charge in [-0.15, -0.1) is 0 Å². The Bertz CT molecular complexity index is 653. The zero-order valence-electron chi connectivity index (χ0n) is 11.6. The fourth-order valence-corrected chi connectivity index (χ4v) is 4.32. The summed E-state index contributed by atoms with van der Waals surface area (Å²) in [5, 5.41) is 2.98. The SMILES string of the molecule is CN1CCCC2C1=c1ccccc1=C1C=CCCC12. The first-order chi connectivity index (χ1) is 9.36. The first kappa shape index (κ1) is 11.3. The van der Waals surface area contributed by atoms with Gasteiger partial charge in [0, 0.05) is 30.4 Å². The Morgan fingerprint density at radius 1 is 1.05 bits per heavy atom. The van der Waals surface area contributed by atoms with Gasteiger partial charge in [0.25, 0.3) is 0 Å². The maximum atomic E-state index is 2.52. The van der Waals surface area contributed by atoms with Crippen LogP contribution in [0, 0.1) is 11.8 Å². The van der Waals surface area contributed by atoms with Gasteiger partial charge in [0.2, 0.25) is 0 Å². The molecule has 1 aromatic carbocycles. The van der Waals surface area contributed by atoms with Gasteiger partial charge >= 0.3 is 0 Å². The summed E-state index contributed by atoms with van der Waals surface area (Å²) in [5.74, 6) is 1.52. The molecule has 2 atom stereocenters. The highest BCUT2D eigenvalue weighted by molar-refractivity contribution is 5.68. The number of allylic oxidation sites excluding steroid dienone is 2. The van der Waals surface area contributed by atoms with Crippen molar-refractivity contribution in [3.05, 3.63) is 46.9 Å². The fourth-order valence-electron chi connectivity index (χ4n) is 4.32. The lowest BCUT2D eigenvalue weighted by Gasteiger charge is -2.42. The lowest BCUT2D eigenvalue weighted by Crippen LogP contribution is -2.47. The highest BCUT2D eigenvalue weighted by Gasteiger charge is 2.35. The lowest BCUT2D eigenvalue weighted by molar-refractivity contribution is 0.293. The fraction of sp³-hybridized carbons (Fsp3) is 0.444. The van der Waals surface area contributed by atoms with E-state index in [-0.39, 0.29) is 0 Å². The van der Waals surface area contributed by atoms with E-state index in [1.54, 1.807) is 11.3 Å². The molecule has 2 aliphatic carbocycles. The largest absolute Gasteiger partial charge is 0.377 e. The maximum Gasteiger partial charge on any atom is 0.0247 e. The molecule has 1 fully saturated rings. The van der Waals surface area contributed by atoms with Gasteiger partial charge in [0.15, 0.2) is 0 Å².